The molecule has 1 aromatic carbocycles. The third kappa shape index (κ3) is 7.97. The van der Waals surface area contributed by atoms with E-state index in [0.717, 1.165) is 11.1 Å². The molecule has 0 radical (unpaired) electrons. The molecule has 34 heavy (non-hydrogen) atoms. The van der Waals surface area contributed by atoms with Gasteiger partial charge in [-0.05, 0) is 64.7 Å². The van der Waals surface area contributed by atoms with Crippen LogP contribution in [-0.2, 0) is 32.2 Å². The van der Waals surface area contributed by atoms with Crippen molar-refractivity contribution in [2.45, 2.75) is 85.0 Å². The number of rotatable bonds is 11. The van der Waals surface area contributed by atoms with E-state index in [9.17, 15) is 24.0 Å². The van der Waals surface area contributed by atoms with Crippen LogP contribution >= 0.6 is 0 Å². The van der Waals surface area contributed by atoms with Crippen molar-refractivity contribution in [1.29, 1.82) is 0 Å². The molecule has 1 aromatic rings. The van der Waals surface area contributed by atoms with Gasteiger partial charge in [0.25, 0.3) is 5.91 Å². The molecule has 0 spiro atoms. The number of nitrogens with zero attached hydrogens (tertiary/aromatic N) is 1. The zero-order valence-corrected chi connectivity index (χ0v) is 20.7. The maximum absolute atomic E-state index is 13.0. The van der Waals surface area contributed by atoms with Crippen LogP contribution in [0.2, 0.25) is 0 Å². The van der Waals surface area contributed by atoms with Gasteiger partial charge < -0.3 is 25.1 Å². The summed E-state index contributed by atoms with van der Waals surface area (Å²) in [4.78, 5) is 61.9. The molecule has 2 rings (SSSR count). The summed E-state index contributed by atoms with van der Waals surface area (Å²) in [5.74, 6) is -0.592. The molecule has 1 unspecified atom stereocenters. The predicted molar refractivity (Wildman–Crippen MR) is 126 cm³/mol. The van der Waals surface area contributed by atoms with Gasteiger partial charge in [0, 0.05) is 38.0 Å². The summed E-state index contributed by atoms with van der Waals surface area (Å²) in [6.07, 6.45) is 0.701. The quantitative estimate of drug-likeness (QED) is 0.477. The maximum atomic E-state index is 13.0. The van der Waals surface area contributed by atoms with Gasteiger partial charge in [0.2, 0.25) is 5.91 Å². The van der Waals surface area contributed by atoms with Crippen LogP contribution in [0.5, 0.6) is 0 Å². The van der Waals surface area contributed by atoms with Crippen LogP contribution in [0, 0.1) is 0 Å². The summed E-state index contributed by atoms with van der Waals surface area (Å²) in [6.45, 7) is 9.06. The molecular formula is C25H35N3O6. The van der Waals surface area contributed by atoms with Crippen molar-refractivity contribution in [3.8, 4) is 0 Å². The number of hydrogen-bond donors (Lipinski definition) is 2. The molecule has 1 atom stereocenters. The summed E-state index contributed by atoms with van der Waals surface area (Å²) in [5.41, 5.74) is 1.53. The number of carbonyl (C=O) groups is 5. The highest BCUT2D eigenvalue weighted by Gasteiger charge is 2.35. The Kier molecular flexibility index (Phi) is 9.35. The first kappa shape index (κ1) is 27.0. The lowest BCUT2D eigenvalue weighted by Gasteiger charge is -2.25. The number of nitrogens with one attached hydrogen (secondary N) is 2. The molecule has 1 heterocycles. The van der Waals surface area contributed by atoms with Crippen LogP contribution < -0.4 is 10.6 Å². The average Bonchev–Trinajstić information content (AvgIpc) is 3.05. The van der Waals surface area contributed by atoms with E-state index >= 15 is 0 Å². The molecule has 2 N–H and O–H groups in total. The molecule has 0 aliphatic carbocycles. The lowest BCUT2D eigenvalue weighted by atomic mass is 10.0. The highest BCUT2D eigenvalue weighted by atomic mass is 16.6. The van der Waals surface area contributed by atoms with Gasteiger partial charge in [-0.3, -0.25) is 14.4 Å². The lowest BCUT2D eigenvalue weighted by molar-refractivity contribution is -0.123. The molecule has 0 fully saturated rings. The predicted octanol–water partition coefficient (Wildman–Crippen LogP) is 2.89. The van der Waals surface area contributed by atoms with E-state index in [1.165, 1.54) is 18.7 Å². The van der Waals surface area contributed by atoms with Crippen LogP contribution in [0.15, 0.2) is 18.2 Å². The van der Waals surface area contributed by atoms with Crippen LogP contribution in [-0.4, -0.2) is 52.6 Å². The number of Topliss-reactive ketones (excluding diaryl/α,β-unsaturated/α-hetero) is 2. The van der Waals surface area contributed by atoms with Gasteiger partial charge in [-0.25, -0.2) is 4.79 Å². The fraction of sp³-hybridized carbons (Fsp3) is 0.560. The third-order valence-corrected chi connectivity index (χ3v) is 5.43. The topological polar surface area (TPSA) is 122 Å². The van der Waals surface area contributed by atoms with Gasteiger partial charge in [-0.1, -0.05) is 12.1 Å². The number of ketones is 2. The fourth-order valence-corrected chi connectivity index (χ4v) is 3.79. The van der Waals surface area contributed by atoms with Crippen molar-refractivity contribution >= 4 is 29.5 Å². The highest BCUT2D eigenvalue weighted by Crippen LogP contribution is 2.29. The van der Waals surface area contributed by atoms with Crippen molar-refractivity contribution in [1.82, 2.24) is 15.5 Å². The zero-order chi connectivity index (χ0) is 25.5. The van der Waals surface area contributed by atoms with Crippen LogP contribution in [0.4, 0.5) is 4.79 Å². The van der Waals surface area contributed by atoms with Crippen molar-refractivity contribution < 1.29 is 28.7 Å². The van der Waals surface area contributed by atoms with E-state index in [0.29, 0.717) is 24.9 Å². The maximum Gasteiger partial charge on any atom is 0.407 e. The number of ether oxygens (including phenoxy) is 1. The normalized spacial score (nSPS) is 13.8. The largest absolute Gasteiger partial charge is 0.444 e. The van der Waals surface area contributed by atoms with Gasteiger partial charge in [0.1, 0.15) is 11.4 Å². The summed E-state index contributed by atoms with van der Waals surface area (Å²) in [7, 11) is 0. The first-order chi connectivity index (χ1) is 15.9. The van der Waals surface area contributed by atoms with E-state index in [1.54, 1.807) is 32.9 Å². The van der Waals surface area contributed by atoms with Gasteiger partial charge >= 0.3 is 6.09 Å². The Hall–Kier alpha value is -3.23. The minimum Gasteiger partial charge on any atom is -0.444 e. The molecule has 1 aliphatic rings. The van der Waals surface area contributed by atoms with Crippen molar-refractivity contribution in [3.05, 3.63) is 34.9 Å². The molecule has 186 valence electrons. The summed E-state index contributed by atoms with van der Waals surface area (Å²) in [5, 5.41) is 5.47. The van der Waals surface area contributed by atoms with Crippen molar-refractivity contribution in [2.24, 2.45) is 0 Å². The monoisotopic (exact) mass is 473 g/mol. The van der Waals surface area contributed by atoms with Crippen LogP contribution in [0.25, 0.3) is 0 Å². The van der Waals surface area contributed by atoms with E-state index in [4.69, 9.17) is 4.74 Å². The van der Waals surface area contributed by atoms with Gasteiger partial charge in [-0.15, -0.1) is 0 Å². The number of hydrogen-bond acceptors (Lipinski definition) is 6. The second-order valence-corrected chi connectivity index (χ2v) is 9.55. The molecule has 0 saturated heterocycles. The Bertz CT molecular complexity index is 950. The standard InChI is InChI=1S/C25H35N3O6/c1-16(29)11-12-21(17(2)30)28-15-20-18(8-6-9-19(20)23(28)32)14-27-22(31)10-7-13-26-24(33)34-25(3,4)5/h6,8-9,21H,7,10-15H2,1-5H3,(H,26,33)(H,27,31). The molecule has 0 saturated carbocycles. The minimum absolute atomic E-state index is 0.0277. The molecular weight excluding hydrogens is 438 g/mol. The Morgan fingerprint density at radius 2 is 1.79 bits per heavy atom. The molecule has 1 aliphatic heterocycles. The minimum atomic E-state index is -0.649. The summed E-state index contributed by atoms with van der Waals surface area (Å²) < 4.78 is 5.15. The van der Waals surface area contributed by atoms with Crippen LogP contribution in [0.1, 0.15) is 81.8 Å². The summed E-state index contributed by atoms with van der Waals surface area (Å²) in [6, 6.07) is 4.67. The second kappa shape index (κ2) is 11.8. The first-order valence-electron chi connectivity index (χ1n) is 11.5. The third-order valence-electron chi connectivity index (χ3n) is 5.43. The first-order valence-corrected chi connectivity index (χ1v) is 11.5. The number of fused-ring (bicyclic) bond motifs is 1. The Balaban J connectivity index is 1.90. The molecule has 3 amide bonds. The number of benzene rings is 1. The lowest BCUT2D eigenvalue weighted by Crippen LogP contribution is -2.40. The van der Waals surface area contributed by atoms with Gasteiger partial charge in [0.15, 0.2) is 5.78 Å². The zero-order valence-electron chi connectivity index (χ0n) is 20.7. The molecule has 9 heteroatoms. The Morgan fingerprint density at radius 3 is 2.41 bits per heavy atom. The SMILES string of the molecule is CC(=O)CCC(C(C)=O)N1Cc2c(CNC(=O)CCCNC(=O)OC(C)(C)C)cccc2C1=O. The smallest absolute Gasteiger partial charge is 0.407 e. The highest BCUT2D eigenvalue weighted by molar-refractivity contribution is 6.01. The van der Waals surface area contributed by atoms with Gasteiger partial charge in [0.05, 0.1) is 6.04 Å². The van der Waals surface area contributed by atoms with Crippen molar-refractivity contribution in [2.75, 3.05) is 6.54 Å². The number of carbonyl (C=O) groups excluding carboxylic acids is 5. The second-order valence-electron chi connectivity index (χ2n) is 9.55. The Labute approximate surface area is 200 Å². The summed E-state index contributed by atoms with van der Waals surface area (Å²) >= 11 is 0. The van der Waals surface area contributed by atoms with Crippen molar-refractivity contribution in [3.63, 3.8) is 0 Å². The molecule has 9 nitrogen and oxygen atoms in total. The van der Waals surface area contributed by atoms with E-state index in [1.807, 2.05) is 6.07 Å². The Morgan fingerprint density at radius 1 is 1.09 bits per heavy atom. The van der Waals surface area contributed by atoms with Crippen LogP contribution in [0.3, 0.4) is 0 Å². The number of alkyl carbamates (subject to hydrolysis) is 1. The van der Waals surface area contributed by atoms with E-state index in [2.05, 4.69) is 10.6 Å². The molecule has 0 bridgehead atoms. The fourth-order valence-electron chi connectivity index (χ4n) is 3.79. The number of amides is 3. The van der Waals surface area contributed by atoms with Gasteiger partial charge in [-0.2, -0.15) is 0 Å². The average molecular weight is 474 g/mol. The van der Waals surface area contributed by atoms with E-state index < -0.39 is 17.7 Å². The molecule has 0 aromatic heterocycles. The van der Waals surface area contributed by atoms with E-state index in [-0.39, 0.29) is 49.3 Å².